The monoisotopic (exact) mass is 463 g/mol. The molecule has 0 saturated heterocycles. The van der Waals surface area contributed by atoms with E-state index in [2.05, 4.69) is 68.9 Å². The number of anilines is 1. The van der Waals surface area contributed by atoms with Gasteiger partial charge in [-0.3, -0.25) is 4.79 Å². The van der Waals surface area contributed by atoms with Crippen LogP contribution in [0.5, 0.6) is 0 Å². The number of nitrogens with one attached hydrogen (secondary N) is 1. The van der Waals surface area contributed by atoms with Crippen molar-refractivity contribution in [3.05, 3.63) is 63.4 Å². The molecule has 0 aliphatic heterocycles. The summed E-state index contributed by atoms with van der Waals surface area (Å²) in [6.45, 7) is 11.9. The topological polar surface area (TPSA) is 55.4 Å². The SMILES string of the molecule is CC(C)(C)c1cc(C(=O)OCC(=O)Nc2ccc(Br)cc2F)cc(C(C)(C)C)c1. The van der Waals surface area contributed by atoms with E-state index in [1.54, 1.807) is 18.2 Å². The van der Waals surface area contributed by atoms with Crippen molar-refractivity contribution in [2.24, 2.45) is 0 Å². The molecule has 0 aliphatic carbocycles. The Labute approximate surface area is 180 Å². The van der Waals surface area contributed by atoms with Crippen LogP contribution in [-0.4, -0.2) is 18.5 Å². The van der Waals surface area contributed by atoms with Crippen molar-refractivity contribution < 1.29 is 18.7 Å². The lowest BCUT2D eigenvalue weighted by atomic mass is 9.79. The van der Waals surface area contributed by atoms with Gasteiger partial charge >= 0.3 is 5.97 Å². The summed E-state index contributed by atoms with van der Waals surface area (Å²) in [6.07, 6.45) is 0. The fraction of sp³-hybridized carbons (Fsp3) is 0.391. The number of benzene rings is 2. The highest BCUT2D eigenvalue weighted by Crippen LogP contribution is 2.30. The fourth-order valence-electron chi connectivity index (χ4n) is 2.60. The van der Waals surface area contributed by atoms with Crippen molar-refractivity contribution in [2.45, 2.75) is 52.4 Å². The van der Waals surface area contributed by atoms with Crippen molar-refractivity contribution in [3.8, 4) is 0 Å². The minimum Gasteiger partial charge on any atom is -0.452 e. The molecule has 0 radical (unpaired) electrons. The average Bonchev–Trinajstić information content (AvgIpc) is 2.60. The van der Waals surface area contributed by atoms with E-state index in [1.165, 1.54) is 12.1 Å². The van der Waals surface area contributed by atoms with E-state index in [0.717, 1.165) is 11.1 Å². The molecular weight excluding hydrogens is 437 g/mol. The second kappa shape index (κ2) is 8.66. The largest absolute Gasteiger partial charge is 0.452 e. The highest BCUT2D eigenvalue weighted by atomic mass is 79.9. The van der Waals surface area contributed by atoms with Crippen LogP contribution in [-0.2, 0) is 20.4 Å². The van der Waals surface area contributed by atoms with E-state index in [4.69, 9.17) is 4.74 Å². The maximum atomic E-state index is 13.8. The number of halogens is 2. The molecule has 0 heterocycles. The van der Waals surface area contributed by atoms with Crippen LogP contribution in [0.1, 0.15) is 63.0 Å². The lowest BCUT2D eigenvalue weighted by Crippen LogP contribution is -2.22. The molecule has 0 spiro atoms. The van der Waals surface area contributed by atoms with Crippen LogP contribution < -0.4 is 5.32 Å². The van der Waals surface area contributed by atoms with Crippen LogP contribution in [0.2, 0.25) is 0 Å². The Hall–Kier alpha value is -2.21. The van der Waals surface area contributed by atoms with Crippen LogP contribution >= 0.6 is 15.9 Å². The highest BCUT2D eigenvalue weighted by Gasteiger charge is 2.23. The van der Waals surface area contributed by atoms with Crippen molar-refractivity contribution in [3.63, 3.8) is 0 Å². The Morgan fingerprint density at radius 3 is 2.00 bits per heavy atom. The molecule has 0 unspecified atom stereocenters. The number of amides is 1. The van der Waals surface area contributed by atoms with Gasteiger partial charge in [0.05, 0.1) is 11.3 Å². The number of hydrogen-bond acceptors (Lipinski definition) is 3. The van der Waals surface area contributed by atoms with Gasteiger partial charge in [-0.2, -0.15) is 0 Å². The van der Waals surface area contributed by atoms with Gasteiger partial charge in [-0.1, -0.05) is 63.5 Å². The molecule has 0 saturated carbocycles. The molecule has 6 heteroatoms. The number of esters is 1. The van der Waals surface area contributed by atoms with Crippen molar-refractivity contribution >= 4 is 33.5 Å². The van der Waals surface area contributed by atoms with Crippen LogP contribution in [0.25, 0.3) is 0 Å². The number of ether oxygens (including phenoxy) is 1. The third kappa shape index (κ3) is 6.39. The van der Waals surface area contributed by atoms with Gasteiger partial charge in [-0.05, 0) is 52.3 Å². The van der Waals surface area contributed by atoms with E-state index in [1.807, 2.05) is 0 Å². The zero-order valence-electron chi connectivity index (χ0n) is 17.7. The molecule has 0 fully saturated rings. The fourth-order valence-corrected chi connectivity index (χ4v) is 2.94. The lowest BCUT2D eigenvalue weighted by Gasteiger charge is -2.25. The lowest BCUT2D eigenvalue weighted by molar-refractivity contribution is -0.119. The van der Waals surface area contributed by atoms with Crippen molar-refractivity contribution in [1.82, 2.24) is 0 Å². The Bertz CT molecular complexity index is 894. The van der Waals surface area contributed by atoms with Crippen LogP contribution in [0.4, 0.5) is 10.1 Å². The van der Waals surface area contributed by atoms with Crippen molar-refractivity contribution in [2.75, 3.05) is 11.9 Å². The van der Waals surface area contributed by atoms with E-state index >= 15 is 0 Å². The molecular formula is C23H27BrFNO3. The third-order valence-electron chi connectivity index (χ3n) is 4.44. The van der Waals surface area contributed by atoms with E-state index in [9.17, 15) is 14.0 Å². The summed E-state index contributed by atoms with van der Waals surface area (Å²) < 4.78 is 19.6. The highest BCUT2D eigenvalue weighted by molar-refractivity contribution is 9.10. The Kier molecular flexibility index (Phi) is 6.89. The summed E-state index contributed by atoms with van der Waals surface area (Å²) in [5.74, 6) is -1.78. The van der Waals surface area contributed by atoms with E-state index in [-0.39, 0.29) is 16.5 Å². The van der Waals surface area contributed by atoms with Gasteiger partial charge in [-0.25, -0.2) is 9.18 Å². The number of carbonyl (C=O) groups excluding carboxylic acids is 2. The number of rotatable bonds is 4. The first-order valence-corrected chi connectivity index (χ1v) is 10.1. The van der Waals surface area contributed by atoms with Gasteiger partial charge < -0.3 is 10.1 Å². The molecule has 4 nitrogen and oxygen atoms in total. The summed E-state index contributed by atoms with van der Waals surface area (Å²) in [5, 5.41) is 2.40. The summed E-state index contributed by atoms with van der Waals surface area (Å²) >= 11 is 3.16. The standard InChI is InChI=1S/C23H27BrFNO3/c1-22(2,3)15-9-14(10-16(11-15)23(4,5)6)21(28)29-13-20(27)26-19-8-7-17(24)12-18(19)25/h7-12H,13H2,1-6H3,(H,26,27). The average molecular weight is 464 g/mol. The molecule has 0 aromatic heterocycles. The molecule has 0 aliphatic rings. The predicted octanol–water partition coefficient (Wildman–Crippen LogP) is 5.98. The molecule has 2 rings (SSSR count). The quantitative estimate of drug-likeness (QED) is 0.567. The van der Waals surface area contributed by atoms with Gasteiger partial charge in [0.2, 0.25) is 0 Å². The Morgan fingerprint density at radius 1 is 0.966 bits per heavy atom. The van der Waals surface area contributed by atoms with Crippen molar-refractivity contribution in [1.29, 1.82) is 0 Å². The zero-order chi connectivity index (χ0) is 22.0. The molecule has 0 bridgehead atoms. The zero-order valence-corrected chi connectivity index (χ0v) is 19.2. The molecule has 2 aromatic carbocycles. The number of carbonyl (C=O) groups is 2. The van der Waals surface area contributed by atoms with Crippen LogP contribution in [0.15, 0.2) is 40.9 Å². The first-order valence-electron chi connectivity index (χ1n) is 9.35. The Balaban J connectivity index is 2.14. The van der Waals surface area contributed by atoms with E-state index < -0.39 is 24.3 Å². The first-order chi connectivity index (χ1) is 13.3. The van der Waals surface area contributed by atoms with Gasteiger partial charge in [0.25, 0.3) is 5.91 Å². The van der Waals surface area contributed by atoms with Gasteiger partial charge in [-0.15, -0.1) is 0 Å². The third-order valence-corrected chi connectivity index (χ3v) is 4.93. The smallest absolute Gasteiger partial charge is 0.338 e. The normalized spacial score (nSPS) is 11.9. The Morgan fingerprint density at radius 2 is 1.52 bits per heavy atom. The summed E-state index contributed by atoms with van der Waals surface area (Å²) in [5.41, 5.74) is 2.15. The summed E-state index contributed by atoms with van der Waals surface area (Å²) in [7, 11) is 0. The molecule has 0 atom stereocenters. The molecule has 2 aromatic rings. The number of hydrogen-bond donors (Lipinski definition) is 1. The second-order valence-electron chi connectivity index (χ2n) is 9.05. The maximum absolute atomic E-state index is 13.8. The molecule has 1 amide bonds. The predicted molar refractivity (Wildman–Crippen MR) is 117 cm³/mol. The second-order valence-corrected chi connectivity index (χ2v) is 9.96. The maximum Gasteiger partial charge on any atom is 0.338 e. The van der Waals surface area contributed by atoms with E-state index in [0.29, 0.717) is 10.0 Å². The summed E-state index contributed by atoms with van der Waals surface area (Å²) in [6, 6.07) is 9.97. The molecule has 1 N–H and O–H groups in total. The first kappa shape index (κ1) is 23.1. The van der Waals surface area contributed by atoms with Crippen LogP contribution in [0.3, 0.4) is 0 Å². The van der Waals surface area contributed by atoms with Gasteiger partial charge in [0.15, 0.2) is 6.61 Å². The molecule has 29 heavy (non-hydrogen) atoms. The molecule has 156 valence electrons. The summed E-state index contributed by atoms with van der Waals surface area (Å²) in [4.78, 5) is 24.7. The van der Waals surface area contributed by atoms with Gasteiger partial charge in [0, 0.05) is 4.47 Å². The van der Waals surface area contributed by atoms with Gasteiger partial charge in [0.1, 0.15) is 5.82 Å². The minimum atomic E-state index is -0.609. The van der Waals surface area contributed by atoms with Crippen LogP contribution in [0, 0.1) is 5.82 Å². The minimum absolute atomic E-state index is 0.0268.